The van der Waals surface area contributed by atoms with Crippen molar-refractivity contribution in [2.24, 2.45) is 11.8 Å². The van der Waals surface area contributed by atoms with Crippen LogP contribution in [0.1, 0.15) is 31.2 Å². The van der Waals surface area contributed by atoms with Gasteiger partial charge in [0.25, 0.3) is 0 Å². The van der Waals surface area contributed by atoms with E-state index in [9.17, 15) is 9.59 Å². The van der Waals surface area contributed by atoms with Crippen LogP contribution in [0, 0.1) is 11.8 Å². The Labute approximate surface area is 142 Å². The van der Waals surface area contributed by atoms with Crippen LogP contribution in [0.25, 0.3) is 0 Å². The molecule has 1 aliphatic carbocycles. The second kappa shape index (κ2) is 8.73. The normalized spacial score (nSPS) is 20.6. The fraction of sp³-hybridized carbons (Fsp3) is 0.444. The highest BCUT2D eigenvalue weighted by Crippen LogP contribution is 2.29. The van der Waals surface area contributed by atoms with Crippen LogP contribution >= 0.6 is 11.6 Å². The summed E-state index contributed by atoms with van der Waals surface area (Å²) in [5.41, 5.74) is 1.03. The molecular formula is C18H23ClN2O2. The van der Waals surface area contributed by atoms with Crippen molar-refractivity contribution in [2.75, 3.05) is 6.54 Å². The van der Waals surface area contributed by atoms with Gasteiger partial charge in [0.05, 0.1) is 0 Å². The Bertz CT molecular complexity index is 549. The highest BCUT2D eigenvalue weighted by molar-refractivity contribution is 6.30. The molecule has 2 rings (SSSR count). The van der Waals surface area contributed by atoms with Gasteiger partial charge in [-0.15, -0.1) is 6.58 Å². The minimum Gasteiger partial charge on any atom is -0.352 e. The number of carbonyl (C=O) groups is 2. The predicted octanol–water partition coefficient (Wildman–Crippen LogP) is 3.06. The second-order valence-electron chi connectivity index (χ2n) is 5.93. The molecule has 4 nitrogen and oxygen atoms in total. The molecule has 0 atom stereocenters. The first-order valence-corrected chi connectivity index (χ1v) is 8.38. The molecule has 0 bridgehead atoms. The lowest BCUT2D eigenvalue weighted by molar-refractivity contribution is -0.130. The number of halogens is 1. The molecule has 1 aromatic rings. The molecular weight excluding hydrogens is 312 g/mol. The summed E-state index contributed by atoms with van der Waals surface area (Å²) in [4.78, 5) is 24.1. The number of benzene rings is 1. The van der Waals surface area contributed by atoms with Crippen LogP contribution in [0.5, 0.6) is 0 Å². The molecule has 2 N–H and O–H groups in total. The molecule has 1 aliphatic rings. The number of amides is 2. The van der Waals surface area contributed by atoms with E-state index in [2.05, 4.69) is 17.2 Å². The molecule has 0 heterocycles. The van der Waals surface area contributed by atoms with Gasteiger partial charge in [-0.1, -0.05) is 29.8 Å². The highest BCUT2D eigenvalue weighted by Gasteiger charge is 2.29. The van der Waals surface area contributed by atoms with E-state index in [1.54, 1.807) is 6.08 Å². The Morgan fingerprint density at radius 2 is 1.57 bits per heavy atom. The third kappa shape index (κ3) is 5.39. The van der Waals surface area contributed by atoms with Crippen LogP contribution in [0.3, 0.4) is 0 Å². The van der Waals surface area contributed by atoms with Gasteiger partial charge >= 0.3 is 0 Å². The molecule has 0 saturated heterocycles. The first-order valence-electron chi connectivity index (χ1n) is 8.01. The van der Waals surface area contributed by atoms with Crippen molar-refractivity contribution < 1.29 is 9.59 Å². The Kier molecular flexibility index (Phi) is 6.66. The molecule has 0 unspecified atom stereocenters. The quantitative estimate of drug-likeness (QED) is 0.785. The Morgan fingerprint density at radius 1 is 1.04 bits per heavy atom. The lowest BCUT2D eigenvalue weighted by Crippen LogP contribution is -2.37. The van der Waals surface area contributed by atoms with Gasteiger partial charge in [0, 0.05) is 29.9 Å². The number of hydrogen-bond donors (Lipinski definition) is 2. The highest BCUT2D eigenvalue weighted by atomic mass is 35.5. The predicted molar refractivity (Wildman–Crippen MR) is 92.0 cm³/mol. The zero-order valence-electron chi connectivity index (χ0n) is 13.2. The van der Waals surface area contributed by atoms with Crippen LogP contribution in [0.2, 0.25) is 5.02 Å². The average molecular weight is 335 g/mol. The van der Waals surface area contributed by atoms with Gasteiger partial charge in [-0.3, -0.25) is 9.59 Å². The first kappa shape index (κ1) is 17.5. The smallest absolute Gasteiger partial charge is 0.223 e. The van der Waals surface area contributed by atoms with Gasteiger partial charge in [-0.05, 0) is 43.4 Å². The molecule has 1 fully saturated rings. The summed E-state index contributed by atoms with van der Waals surface area (Å²) in [5.74, 6) is 0.177. The van der Waals surface area contributed by atoms with E-state index in [4.69, 9.17) is 11.6 Å². The Balaban J connectivity index is 1.74. The van der Waals surface area contributed by atoms with Crippen molar-refractivity contribution in [2.45, 2.75) is 32.2 Å². The molecule has 1 aromatic carbocycles. The zero-order chi connectivity index (χ0) is 16.7. The van der Waals surface area contributed by atoms with Crippen LogP contribution in [-0.2, 0) is 16.1 Å². The van der Waals surface area contributed by atoms with Crippen LogP contribution < -0.4 is 10.6 Å². The van der Waals surface area contributed by atoms with Crippen molar-refractivity contribution >= 4 is 23.4 Å². The maximum absolute atomic E-state index is 12.2. The van der Waals surface area contributed by atoms with Crippen molar-refractivity contribution in [1.82, 2.24) is 10.6 Å². The van der Waals surface area contributed by atoms with E-state index in [1.165, 1.54) is 0 Å². The molecule has 0 aromatic heterocycles. The summed E-state index contributed by atoms with van der Waals surface area (Å²) in [6, 6.07) is 7.44. The monoisotopic (exact) mass is 334 g/mol. The van der Waals surface area contributed by atoms with E-state index >= 15 is 0 Å². The lowest BCUT2D eigenvalue weighted by atomic mass is 9.81. The summed E-state index contributed by atoms with van der Waals surface area (Å²) >= 11 is 5.84. The van der Waals surface area contributed by atoms with Crippen molar-refractivity contribution in [1.29, 1.82) is 0 Å². The zero-order valence-corrected chi connectivity index (χ0v) is 13.9. The second-order valence-corrected chi connectivity index (χ2v) is 6.36. The fourth-order valence-electron chi connectivity index (χ4n) is 2.87. The van der Waals surface area contributed by atoms with E-state index in [1.807, 2.05) is 24.3 Å². The fourth-order valence-corrected chi connectivity index (χ4v) is 3.00. The van der Waals surface area contributed by atoms with E-state index in [-0.39, 0.29) is 23.7 Å². The topological polar surface area (TPSA) is 58.2 Å². The number of hydrogen-bond acceptors (Lipinski definition) is 2. The third-order valence-corrected chi connectivity index (χ3v) is 4.52. The van der Waals surface area contributed by atoms with Crippen LogP contribution in [0.4, 0.5) is 0 Å². The molecule has 1 saturated carbocycles. The molecule has 0 radical (unpaired) electrons. The van der Waals surface area contributed by atoms with Gasteiger partial charge in [-0.2, -0.15) is 0 Å². The molecule has 23 heavy (non-hydrogen) atoms. The van der Waals surface area contributed by atoms with E-state index < -0.39 is 0 Å². The Morgan fingerprint density at radius 3 is 2.09 bits per heavy atom. The van der Waals surface area contributed by atoms with Crippen molar-refractivity contribution in [3.05, 3.63) is 47.5 Å². The lowest BCUT2D eigenvalue weighted by Gasteiger charge is -2.27. The summed E-state index contributed by atoms with van der Waals surface area (Å²) < 4.78 is 0. The summed E-state index contributed by atoms with van der Waals surface area (Å²) in [5, 5.41) is 6.49. The standard InChI is InChI=1S/C18H23ClN2O2/c1-2-11-20-17(22)14-5-7-15(8-6-14)18(23)21-12-13-3-9-16(19)10-4-13/h2-4,9-10,14-15H,1,5-8,11-12H2,(H,20,22)(H,21,23). The third-order valence-electron chi connectivity index (χ3n) is 4.27. The number of carbonyl (C=O) groups excluding carboxylic acids is 2. The molecule has 0 aliphatic heterocycles. The summed E-state index contributed by atoms with van der Waals surface area (Å²) in [6.07, 6.45) is 4.73. The summed E-state index contributed by atoms with van der Waals surface area (Å²) in [6.45, 7) is 4.60. The van der Waals surface area contributed by atoms with E-state index in [0.29, 0.717) is 18.1 Å². The maximum Gasteiger partial charge on any atom is 0.223 e. The SMILES string of the molecule is C=CCNC(=O)C1CCC(C(=O)NCc2ccc(Cl)cc2)CC1. The van der Waals surface area contributed by atoms with Gasteiger partial charge < -0.3 is 10.6 Å². The number of nitrogens with one attached hydrogen (secondary N) is 2. The van der Waals surface area contributed by atoms with Crippen molar-refractivity contribution in [3.63, 3.8) is 0 Å². The van der Waals surface area contributed by atoms with Gasteiger partial charge in [0.15, 0.2) is 0 Å². The minimum absolute atomic E-state index is 0.00533. The molecule has 5 heteroatoms. The van der Waals surface area contributed by atoms with Crippen LogP contribution in [-0.4, -0.2) is 18.4 Å². The largest absolute Gasteiger partial charge is 0.352 e. The minimum atomic E-state index is 0.00533. The average Bonchev–Trinajstić information content (AvgIpc) is 2.59. The van der Waals surface area contributed by atoms with Crippen molar-refractivity contribution in [3.8, 4) is 0 Å². The van der Waals surface area contributed by atoms with E-state index in [0.717, 1.165) is 31.2 Å². The van der Waals surface area contributed by atoms with Crippen LogP contribution in [0.15, 0.2) is 36.9 Å². The molecule has 0 spiro atoms. The first-order chi connectivity index (χ1) is 11.1. The number of rotatable bonds is 6. The molecule has 2 amide bonds. The molecule has 124 valence electrons. The van der Waals surface area contributed by atoms with Gasteiger partial charge in [0.1, 0.15) is 0 Å². The van der Waals surface area contributed by atoms with Gasteiger partial charge in [-0.25, -0.2) is 0 Å². The Hall–Kier alpha value is -1.81. The summed E-state index contributed by atoms with van der Waals surface area (Å²) in [7, 11) is 0. The maximum atomic E-state index is 12.2. The van der Waals surface area contributed by atoms with Gasteiger partial charge in [0.2, 0.25) is 11.8 Å².